The average Bonchev–Trinajstić information content (AvgIpc) is 2.74. The third-order valence-electron chi connectivity index (χ3n) is 4.36. The second-order valence-corrected chi connectivity index (χ2v) is 10.7. The molecule has 0 aliphatic carbocycles. The largest absolute Gasteiger partial charge is 0.497 e. The van der Waals surface area contributed by atoms with E-state index >= 15 is 0 Å². The van der Waals surface area contributed by atoms with Gasteiger partial charge in [-0.1, -0.05) is 0 Å². The third kappa shape index (κ3) is 5.97. The van der Waals surface area contributed by atoms with E-state index in [4.69, 9.17) is 9.47 Å². The fourth-order valence-electron chi connectivity index (χ4n) is 2.62. The number of amides is 1. The van der Waals surface area contributed by atoms with Gasteiger partial charge in [0.2, 0.25) is 26.0 Å². The molecule has 0 bridgehead atoms. The summed E-state index contributed by atoms with van der Waals surface area (Å²) in [6.45, 7) is 3.35. The maximum Gasteiger partial charge on any atom is 0.246 e. The van der Waals surface area contributed by atoms with Crippen LogP contribution < -0.4 is 19.5 Å². The first-order chi connectivity index (χ1) is 14.9. The van der Waals surface area contributed by atoms with Crippen molar-refractivity contribution in [3.05, 3.63) is 42.5 Å². The van der Waals surface area contributed by atoms with Crippen molar-refractivity contribution in [3.63, 3.8) is 0 Å². The molecule has 32 heavy (non-hydrogen) atoms. The van der Waals surface area contributed by atoms with E-state index in [-0.39, 0.29) is 27.8 Å². The molecule has 0 spiro atoms. The predicted molar refractivity (Wildman–Crippen MR) is 120 cm³/mol. The highest BCUT2D eigenvalue weighted by atomic mass is 32.2. The van der Waals surface area contributed by atoms with Crippen molar-refractivity contribution in [1.82, 2.24) is 9.03 Å². The highest BCUT2D eigenvalue weighted by Crippen LogP contribution is 2.29. The lowest BCUT2D eigenvalue weighted by Gasteiger charge is -2.18. The van der Waals surface area contributed by atoms with E-state index in [1.54, 1.807) is 6.92 Å². The van der Waals surface area contributed by atoms with Crippen molar-refractivity contribution in [1.29, 1.82) is 0 Å². The number of hydrogen-bond donors (Lipinski definition) is 2. The van der Waals surface area contributed by atoms with E-state index in [1.807, 2.05) is 0 Å². The number of benzene rings is 2. The molecule has 0 unspecified atom stereocenters. The molecule has 1 amide bonds. The van der Waals surface area contributed by atoms with Crippen LogP contribution in [0.2, 0.25) is 0 Å². The van der Waals surface area contributed by atoms with Crippen LogP contribution in [0.3, 0.4) is 0 Å². The van der Waals surface area contributed by atoms with Crippen molar-refractivity contribution in [3.8, 4) is 11.5 Å². The number of nitrogens with zero attached hydrogens (tertiary/aromatic N) is 1. The summed E-state index contributed by atoms with van der Waals surface area (Å²) in [5, 5.41) is 2.53. The first kappa shape index (κ1) is 25.6. The Bertz CT molecular complexity index is 1160. The van der Waals surface area contributed by atoms with Gasteiger partial charge in [-0.15, -0.1) is 0 Å². The number of hydrogen-bond acceptors (Lipinski definition) is 7. The van der Waals surface area contributed by atoms with Gasteiger partial charge >= 0.3 is 0 Å². The first-order valence-electron chi connectivity index (χ1n) is 9.59. The molecule has 2 aromatic carbocycles. The maximum absolute atomic E-state index is 12.6. The van der Waals surface area contributed by atoms with Gasteiger partial charge in [-0.2, -0.15) is 4.72 Å². The Labute approximate surface area is 188 Å². The number of sulfonamides is 2. The fraction of sp³-hybridized carbons (Fsp3) is 0.350. The average molecular weight is 486 g/mol. The lowest BCUT2D eigenvalue weighted by atomic mass is 10.2. The maximum atomic E-state index is 12.6. The topological polar surface area (TPSA) is 131 Å². The van der Waals surface area contributed by atoms with E-state index in [0.717, 1.165) is 4.31 Å². The second kappa shape index (κ2) is 10.3. The summed E-state index contributed by atoms with van der Waals surface area (Å²) in [6.07, 6.45) is 0. The summed E-state index contributed by atoms with van der Waals surface area (Å²) in [4.78, 5) is 12.4. The minimum atomic E-state index is -3.97. The van der Waals surface area contributed by atoms with E-state index in [0.29, 0.717) is 5.75 Å². The Hall–Kier alpha value is -2.67. The van der Waals surface area contributed by atoms with Crippen molar-refractivity contribution in [2.24, 2.45) is 0 Å². The van der Waals surface area contributed by atoms with Crippen LogP contribution >= 0.6 is 0 Å². The van der Waals surface area contributed by atoms with Gasteiger partial charge in [-0.3, -0.25) is 4.79 Å². The number of methoxy groups -OCH3 is 1. The third-order valence-corrected chi connectivity index (χ3v) is 7.76. The molecule has 176 valence electrons. The van der Waals surface area contributed by atoms with Crippen LogP contribution in [0, 0.1) is 0 Å². The van der Waals surface area contributed by atoms with Gasteiger partial charge in [0.05, 0.1) is 24.7 Å². The number of nitrogens with one attached hydrogen (secondary N) is 2. The molecular weight excluding hydrogens is 458 g/mol. The Morgan fingerprint density at radius 3 is 2.22 bits per heavy atom. The minimum absolute atomic E-state index is 0.0293. The Morgan fingerprint density at radius 1 is 1.06 bits per heavy atom. The predicted octanol–water partition coefficient (Wildman–Crippen LogP) is 1.65. The van der Waals surface area contributed by atoms with Gasteiger partial charge in [0.25, 0.3) is 0 Å². The van der Waals surface area contributed by atoms with Crippen LogP contribution in [0.5, 0.6) is 11.5 Å². The number of carbonyl (C=O) groups is 1. The second-order valence-electron chi connectivity index (χ2n) is 6.89. The fourth-order valence-corrected chi connectivity index (χ4v) is 4.87. The first-order valence-corrected chi connectivity index (χ1v) is 12.5. The lowest BCUT2D eigenvalue weighted by molar-refractivity contribution is -0.117. The zero-order chi connectivity index (χ0) is 24.1. The molecule has 0 radical (unpaired) electrons. The molecule has 2 aromatic rings. The van der Waals surface area contributed by atoms with Crippen LogP contribution in [-0.2, 0) is 24.8 Å². The zero-order valence-electron chi connectivity index (χ0n) is 18.4. The summed E-state index contributed by atoms with van der Waals surface area (Å²) in [5.41, 5.74) is 0.175. The monoisotopic (exact) mass is 485 g/mol. The Morgan fingerprint density at radius 2 is 1.69 bits per heavy atom. The normalized spacial score (nSPS) is 12.9. The summed E-state index contributed by atoms with van der Waals surface area (Å²) in [7, 11) is -3.59. The minimum Gasteiger partial charge on any atom is -0.497 e. The van der Waals surface area contributed by atoms with Gasteiger partial charge in [0.15, 0.2) is 0 Å². The summed E-state index contributed by atoms with van der Waals surface area (Å²) < 4.78 is 64.1. The molecule has 0 aromatic heterocycles. The van der Waals surface area contributed by atoms with Crippen LogP contribution in [0.4, 0.5) is 5.69 Å². The highest BCUT2D eigenvalue weighted by molar-refractivity contribution is 7.89. The number of carbonyl (C=O) groups excluding carboxylic acids is 1. The van der Waals surface area contributed by atoms with Crippen LogP contribution in [0.15, 0.2) is 52.3 Å². The van der Waals surface area contributed by atoms with Gasteiger partial charge in [0, 0.05) is 19.8 Å². The smallest absolute Gasteiger partial charge is 0.246 e. The number of ether oxygens (including phenoxy) is 2. The molecule has 0 fully saturated rings. The Balaban J connectivity index is 2.22. The summed E-state index contributed by atoms with van der Waals surface area (Å²) in [5.74, 6) is -0.0272. The molecule has 2 rings (SSSR count). The van der Waals surface area contributed by atoms with Crippen molar-refractivity contribution in [2.45, 2.75) is 29.7 Å². The van der Waals surface area contributed by atoms with Crippen LogP contribution in [0.25, 0.3) is 0 Å². The summed E-state index contributed by atoms with van der Waals surface area (Å²) in [6, 6.07) is 8.74. The van der Waals surface area contributed by atoms with Gasteiger partial charge in [0.1, 0.15) is 16.4 Å². The molecule has 12 heteroatoms. The van der Waals surface area contributed by atoms with Crippen molar-refractivity contribution in [2.75, 3.05) is 33.1 Å². The molecule has 1 atom stereocenters. The van der Waals surface area contributed by atoms with Crippen LogP contribution in [-0.4, -0.2) is 60.9 Å². The quantitative estimate of drug-likeness (QED) is 0.523. The molecule has 0 saturated carbocycles. The van der Waals surface area contributed by atoms with Crippen molar-refractivity contribution < 1.29 is 31.1 Å². The highest BCUT2D eigenvalue weighted by Gasteiger charge is 2.25. The molecule has 0 heterocycles. The lowest BCUT2D eigenvalue weighted by Crippen LogP contribution is -2.41. The van der Waals surface area contributed by atoms with Gasteiger partial charge < -0.3 is 14.8 Å². The number of rotatable bonds is 10. The standard InChI is InChI=1S/C20H27N3O7S2/c1-6-30-18-12-7-15(13-19(18)32(27,28)23(3)4)21-20(24)14(2)22-31(25,26)17-10-8-16(29-5)9-11-17/h7-14,22H,6H2,1-5H3,(H,21,24)/t14-/m0/s1. The Kier molecular flexibility index (Phi) is 8.24. The summed E-state index contributed by atoms with van der Waals surface area (Å²) >= 11 is 0. The van der Waals surface area contributed by atoms with E-state index in [9.17, 15) is 21.6 Å². The van der Waals surface area contributed by atoms with Crippen LogP contribution in [0.1, 0.15) is 13.8 Å². The van der Waals surface area contributed by atoms with E-state index in [1.165, 1.54) is 70.6 Å². The molecule has 0 aliphatic heterocycles. The number of anilines is 1. The van der Waals surface area contributed by atoms with Gasteiger partial charge in [-0.05, 0) is 56.3 Å². The SMILES string of the molecule is CCOc1ccc(NC(=O)[C@H](C)NS(=O)(=O)c2ccc(OC)cc2)cc1S(=O)(=O)N(C)C. The van der Waals surface area contributed by atoms with E-state index in [2.05, 4.69) is 10.0 Å². The molecular formula is C20H27N3O7S2. The van der Waals surface area contributed by atoms with Gasteiger partial charge in [-0.25, -0.2) is 21.1 Å². The zero-order valence-corrected chi connectivity index (χ0v) is 20.1. The molecule has 2 N–H and O–H groups in total. The molecule has 10 nitrogen and oxygen atoms in total. The van der Waals surface area contributed by atoms with E-state index < -0.39 is 32.0 Å². The molecule has 0 saturated heterocycles. The molecule has 0 aliphatic rings. The van der Waals surface area contributed by atoms with Crippen molar-refractivity contribution >= 4 is 31.6 Å².